The topological polar surface area (TPSA) is 29.5 Å². The molecule has 0 saturated carbocycles. The second-order valence-corrected chi connectivity index (χ2v) is 5.96. The van der Waals surface area contributed by atoms with E-state index in [2.05, 4.69) is 12.1 Å². The van der Waals surface area contributed by atoms with Gasteiger partial charge in [-0.15, -0.1) is 0 Å². The summed E-state index contributed by atoms with van der Waals surface area (Å²) in [5.41, 5.74) is 3.11. The number of methoxy groups -OCH3 is 1. The van der Waals surface area contributed by atoms with Crippen molar-refractivity contribution in [3.63, 3.8) is 0 Å². The molecule has 0 aromatic heterocycles. The highest BCUT2D eigenvalue weighted by Gasteiger charge is 2.30. The van der Waals surface area contributed by atoms with E-state index in [1.165, 1.54) is 11.1 Å². The summed E-state index contributed by atoms with van der Waals surface area (Å²) in [6.07, 6.45) is 0.816. The smallest absolute Gasteiger partial charge is 0.254 e. The van der Waals surface area contributed by atoms with Gasteiger partial charge in [-0.3, -0.25) is 4.79 Å². The molecular weight excluding hydrogens is 298 g/mol. The van der Waals surface area contributed by atoms with E-state index >= 15 is 0 Å². The normalized spacial score (nSPS) is 17.2. The Kier molecular flexibility index (Phi) is 4.46. The fourth-order valence-corrected chi connectivity index (χ4v) is 3.14. The predicted octanol–water partition coefficient (Wildman–Crippen LogP) is 3.55. The van der Waals surface area contributed by atoms with Gasteiger partial charge in [0, 0.05) is 24.2 Å². The summed E-state index contributed by atoms with van der Waals surface area (Å²) >= 11 is 6.01. The molecule has 22 heavy (non-hydrogen) atoms. The Morgan fingerprint density at radius 2 is 2.00 bits per heavy atom. The molecule has 3 nitrogen and oxygen atoms in total. The zero-order valence-corrected chi connectivity index (χ0v) is 13.2. The highest BCUT2D eigenvalue weighted by atomic mass is 35.5. The Morgan fingerprint density at radius 1 is 1.23 bits per heavy atom. The van der Waals surface area contributed by atoms with Gasteiger partial charge in [-0.05, 0) is 35.7 Å². The molecule has 4 heteroatoms. The molecule has 0 spiro atoms. The maximum absolute atomic E-state index is 12.9. The number of halogens is 1. The van der Waals surface area contributed by atoms with Gasteiger partial charge in [0.25, 0.3) is 5.91 Å². The molecule has 2 aromatic rings. The van der Waals surface area contributed by atoms with E-state index in [4.69, 9.17) is 16.3 Å². The Morgan fingerprint density at radius 3 is 2.73 bits per heavy atom. The van der Waals surface area contributed by atoms with Crippen molar-refractivity contribution in [1.29, 1.82) is 0 Å². The lowest BCUT2D eigenvalue weighted by Gasteiger charge is -2.36. The fraction of sp³-hybridized carbons (Fsp3) is 0.278. The minimum absolute atomic E-state index is 0.000877. The largest absolute Gasteiger partial charge is 0.383 e. The summed E-state index contributed by atoms with van der Waals surface area (Å²) < 4.78 is 5.32. The molecule has 0 fully saturated rings. The van der Waals surface area contributed by atoms with E-state index in [9.17, 15) is 4.79 Å². The second-order valence-electron chi connectivity index (χ2n) is 5.53. The van der Waals surface area contributed by atoms with Crippen LogP contribution in [0.15, 0.2) is 48.5 Å². The first-order chi connectivity index (χ1) is 10.7. The number of amides is 1. The van der Waals surface area contributed by atoms with Gasteiger partial charge in [0.05, 0.1) is 12.6 Å². The molecule has 0 N–H and O–H groups in total. The average molecular weight is 316 g/mol. The van der Waals surface area contributed by atoms with Gasteiger partial charge in [0.2, 0.25) is 0 Å². The van der Waals surface area contributed by atoms with Crippen LogP contribution in [-0.2, 0) is 17.7 Å². The molecule has 0 aliphatic carbocycles. The van der Waals surface area contributed by atoms with Crippen molar-refractivity contribution in [2.75, 3.05) is 13.7 Å². The van der Waals surface area contributed by atoms with Crippen molar-refractivity contribution >= 4 is 17.5 Å². The lowest BCUT2D eigenvalue weighted by Crippen LogP contribution is -2.46. The lowest BCUT2D eigenvalue weighted by molar-refractivity contribution is 0.0477. The number of benzene rings is 2. The van der Waals surface area contributed by atoms with Gasteiger partial charge in [0.15, 0.2) is 0 Å². The molecule has 0 bridgehead atoms. The zero-order chi connectivity index (χ0) is 15.5. The van der Waals surface area contributed by atoms with E-state index in [-0.39, 0.29) is 11.9 Å². The molecule has 1 amide bonds. The van der Waals surface area contributed by atoms with Crippen molar-refractivity contribution < 1.29 is 9.53 Å². The van der Waals surface area contributed by atoms with Crippen LogP contribution in [0.25, 0.3) is 0 Å². The van der Waals surface area contributed by atoms with Gasteiger partial charge in [0.1, 0.15) is 0 Å². The molecule has 3 rings (SSSR count). The number of hydrogen-bond donors (Lipinski definition) is 0. The second kappa shape index (κ2) is 6.51. The number of ether oxygens (including phenoxy) is 1. The maximum Gasteiger partial charge on any atom is 0.254 e. The summed E-state index contributed by atoms with van der Waals surface area (Å²) in [5, 5.41) is 0.576. The van der Waals surface area contributed by atoms with E-state index in [0.29, 0.717) is 23.7 Å². The molecule has 1 heterocycles. The van der Waals surface area contributed by atoms with Crippen LogP contribution in [-0.4, -0.2) is 30.6 Å². The van der Waals surface area contributed by atoms with Crippen LogP contribution >= 0.6 is 11.6 Å². The third-order valence-corrected chi connectivity index (χ3v) is 4.28. The van der Waals surface area contributed by atoms with E-state index in [0.717, 1.165) is 6.42 Å². The van der Waals surface area contributed by atoms with Gasteiger partial charge in [-0.2, -0.15) is 0 Å². The van der Waals surface area contributed by atoms with Crippen molar-refractivity contribution in [2.24, 2.45) is 0 Å². The van der Waals surface area contributed by atoms with Crippen LogP contribution in [0.2, 0.25) is 5.02 Å². The standard InChI is InChI=1S/C18H18ClNO2/c1-22-12-17-10-13-5-2-3-6-15(13)11-20(17)18(21)14-7-4-8-16(19)9-14/h2-9,17H,10-12H2,1H3. The van der Waals surface area contributed by atoms with E-state index < -0.39 is 0 Å². The number of rotatable bonds is 3. The lowest BCUT2D eigenvalue weighted by atomic mass is 9.93. The molecule has 0 saturated heterocycles. The molecule has 2 aromatic carbocycles. The van der Waals surface area contributed by atoms with E-state index in [1.54, 1.807) is 31.4 Å². The molecule has 1 aliphatic heterocycles. The van der Waals surface area contributed by atoms with Gasteiger partial charge in [-0.1, -0.05) is 41.9 Å². The third kappa shape index (κ3) is 3.01. The minimum Gasteiger partial charge on any atom is -0.383 e. The molecule has 1 aliphatic rings. The third-order valence-electron chi connectivity index (χ3n) is 4.05. The Labute approximate surface area is 135 Å². The van der Waals surface area contributed by atoms with Crippen molar-refractivity contribution in [2.45, 2.75) is 19.0 Å². The first-order valence-corrected chi connectivity index (χ1v) is 7.69. The number of nitrogens with zero attached hydrogens (tertiary/aromatic N) is 1. The molecule has 114 valence electrons. The Hall–Kier alpha value is -1.84. The Balaban J connectivity index is 1.91. The van der Waals surface area contributed by atoms with Crippen LogP contribution in [0.1, 0.15) is 21.5 Å². The summed E-state index contributed by atoms with van der Waals surface area (Å²) in [4.78, 5) is 14.7. The number of carbonyl (C=O) groups excluding carboxylic acids is 1. The first kappa shape index (κ1) is 15.1. The fourth-order valence-electron chi connectivity index (χ4n) is 2.95. The van der Waals surface area contributed by atoms with Gasteiger partial charge < -0.3 is 9.64 Å². The van der Waals surface area contributed by atoms with Crippen LogP contribution < -0.4 is 0 Å². The molecule has 1 unspecified atom stereocenters. The molecule has 1 atom stereocenters. The first-order valence-electron chi connectivity index (χ1n) is 7.31. The molecular formula is C18H18ClNO2. The summed E-state index contributed by atoms with van der Waals surface area (Å²) in [6.45, 7) is 1.14. The minimum atomic E-state index is -0.000877. The highest BCUT2D eigenvalue weighted by Crippen LogP contribution is 2.25. The predicted molar refractivity (Wildman–Crippen MR) is 87.1 cm³/mol. The summed E-state index contributed by atoms with van der Waals surface area (Å²) in [6, 6.07) is 15.4. The SMILES string of the molecule is COCC1Cc2ccccc2CN1C(=O)c1cccc(Cl)c1. The quantitative estimate of drug-likeness (QED) is 0.867. The number of fused-ring (bicyclic) bond motifs is 1. The monoisotopic (exact) mass is 315 g/mol. The zero-order valence-electron chi connectivity index (χ0n) is 12.5. The number of hydrogen-bond acceptors (Lipinski definition) is 2. The average Bonchev–Trinajstić information content (AvgIpc) is 2.54. The summed E-state index contributed by atoms with van der Waals surface area (Å²) in [5.74, 6) is -0.000877. The van der Waals surface area contributed by atoms with Gasteiger partial charge in [-0.25, -0.2) is 0 Å². The Bertz CT molecular complexity index is 686. The van der Waals surface area contributed by atoms with Crippen LogP contribution in [0, 0.1) is 0 Å². The molecule has 0 radical (unpaired) electrons. The van der Waals surface area contributed by atoms with Crippen LogP contribution in [0.4, 0.5) is 0 Å². The van der Waals surface area contributed by atoms with Crippen LogP contribution in [0.5, 0.6) is 0 Å². The summed E-state index contributed by atoms with van der Waals surface area (Å²) in [7, 11) is 1.67. The highest BCUT2D eigenvalue weighted by molar-refractivity contribution is 6.30. The maximum atomic E-state index is 12.9. The van der Waals surface area contributed by atoms with Crippen LogP contribution in [0.3, 0.4) is 0 Å². The number of carbonyl (C=O) groups is 1. The van der Waals surface area contributed by atoms with Crippen molar-refractivity contribution in [1.82, 2.24) is 4.90 Å². The van der Waals surface area contributed by atoms with Crippen molar-refractivity contribution in [3.05, 3.63) is 70.2 Å². The van der Waals surface area contributed by atoms with Crippen molar-refractivity contribution in [3.8, 4) is 0 Å². The van der Waals surface area contributed by atoms with E-state index in [1.807, 2.05) is 17.0 Å². The van der Waals surface area contributed by atoms with Gasteiger partial charge >= 0.3 is 0 Å².